The Morgan fingerprint density at radius 3 is 2.28 bits per heavy atom. The molecule has 0 aromatic heterocycles. The standard InChI is InChI=1S/C22H32O7/c1-9-17-11(24)6-13-21(5)12(7-15(26)22(13,18(9)27)19(17)28)20(3,4)16(8-14(21)25)29-10(2)23/h12-19,25-28H,1,6-8H2,2-5H3. The molecular weight excluding hydrogens is 376 g/mol. The molecule has 0 saturated heterocycles. The number of esters is 1. The quantitative estimate of drug-likeness (QED) is 0.369. The van der Waals surface area contributed by atoms with Crippen LogP contribution in [-0.4, -0.2) is 62.7 Å². The van der Waals surface area contributed by atoms with Gasteiger partial charge in [0.15, 0.2) is 0 Å². The molecule has 10 atom stereocenters. The summed E-state index contributed by atoms with van der Waals surface area (Å²) in [5, 5.41) is 44.8. The molecule has 4 rings (SSSR count). The average molecular weight is 408 g/mol. The summed E-state index contributed by atoms with van der Waals surface area (Å²) in [6, 6.07) is 0. The van der Waals surface area contributed by atoms with Crippen molar-refractivity contribution in [3.05, 3.63) is 12.2 Å². The molecule has 10 unspecified atom stereocenters. The molecule has 1 spiro atoms. The molecule has 0 aromatic carbocycles. The van der Waals surface area contributed by atoms with Gasteiger partial charge in [-0.15, -0.1) is 0 Å². The van der Waals surface area contributed by atoms with Gasteiger partial charge in [0.2, 0.25) is 0 Å². The lowest BCUT2D eigenvalue weighted by Gasteiger charge is -2.68. The second kappa shape index (κ2) is 6.13. The van der Waals surface area contributed by atoms with Crippen LogP contribution in [0.1, 0.15) is 47.0 Å². The maximum absolute atomic E-state index is 12.9. The number of carbonyl (C=O) groups is 2. The molecule has 4 N–H and O–H groups in total. The third-order valence-electron chi connectivity index (χ3n) is 9.14. The SMILES string of the molecule is C=C1C2C(=O)CC3C4(C)C(O)CC(OC(C)=O)C(C)(C)C4CC(O)C3(C1O)C2O. The highest BCUT2D eigenvalue weighted by Gasteiger charge is 2.77. The van der Waals surface area contributed by atoms with Crippen molar-refractivity contribution < 1.29 is 34.8 Å². The van der Waals surface area contributed by atoms with Gasteiger partial charge in [-0.25, -0.2) is 0 Å². The highest BCUT2D eigenvalue weighted by Crippen LogP contribution is 2.71. The zero-order valence-corrected chi connectivity index (χ0v) is 17.5. The monoisotopic (exact) mass is 408 g/mol. The molecule has 4 saturated carbocycles. The van der Waals surface area contributed by atoms with Gasteiger partial charge in [-0.1, -0.05) is 27.4 Å². The third kappa shape index (κ3) is 2.27. The fourth-order valence-electron chi connectivity index (χ4n) is 7.68. The van der Waals surface area contributed by atoms with Crippen molar-refractivity contribution in [1.82, 2.24) is 0 Å². The topological polar surface area (TPSA) is 124 Å². The fraction of sp³-hybridized carbons (Fsp3) is 0.818. The van der Waals surface area contributed by atoms with Crippen LogP contribution in [0.5, 0.6) is 0 Å². The molecule has 7 heteroatoms. The van der Waals surface area contributed by atoms with Crippen LogP contribution in [0, 0.1) is 34.0 Å². The minimum atomic E-state index is -1.33. The molecular formula is C22H32O7. The highest BCUT2D eigenvalue weighted by molar-refractivity contribution is 5.88. The Morgan fingerprint density at radius 1 is 1.07 bits per heavy atom. The van der Waals surface area contributed by atoms with Crippen molar-refractivity contribution >= 4 is 11.8 Å². The van der Waals surface area contributed by atoms with Crippen LogP contribution in [-0.2, 0) is 14.3 Å². The van der Waals surface area contributed by atoms with E-state index in [1.807, 2.05) is 20.8 Å². The number of carbonyl (C=O) groups excluding carboxylic acids is 2. The lowest BCUT2D eigenvalue weighted by molar-refractivity contribution is -0.285. The molecule has 4 fully saturated rings. The molecule has 0 radical (unpaired) electrons. The molecule has 0 aliphatic heterocycles. The van der Waals surface area contributed by atoms with Gasteiger partial charge < -0.3 is 25.2 Å². The van der Waals surface area contributed by atoms with E-state index in [1.54, 1.807) is 0 Å². The first kappa shape index (κ1) is 21.0. The second-order valence-corrected chi connectivity index (χ2v) is 10.5. The van der Waals surface area contributed by atoms with E-state index < -0.39 is 64.6 Å². The van der Waals surface area contributed by atoms with Crippen molar-refractivity contribution in [1.29, 1.82) is 0 Å². The molecule has 0 aromatic rings. The summed E-state index contributed by atoms with van der Waals surface area (Å²) in [6.45, 7) is 11.0. The largest absolute Gasteiger partial charge is 0.462 e. The van der Waals surface area contributed by atoms with Crippen LogP contribution in [0.15, 0.2) is 12.2 Å². The molecule has 0 amide bonds. The van der Waals surface area contributed by atoms with Crippen LogP contribution in [0.2, 0.25) is 0 Å². The summed E-state index contributed by atoms with van der Waals surface area (Å²) in [4.78, 5) is 24.5. The molecule has 4 aliphatic carbocycles. The molecule has 7 nitrogen and oxygen atoms in total. The van der Waals surface area contributed by atoms with Crippen LogP contribution >= 0.6 is 0 Å². The van der Waals surface area contributed by atoms with Gasteiger partial charge in [-0.3, -0.25) is 9.59 Å². The van der Waals surface area contributed by atoms with E-state index >= 15 is 0 Å². The number of aliphatic hydroxyl groups is 4. The second-order valence-electron chi connectivity index (χ2n) is 10.5. The average Bonchev–Trinajstić information content (AvgIpc) is 2.74. The lowest BCUT2D eigenvalue weighted by atomic mass is 9.38. The number of ether oxygens (including phenoxy) is 1. The van der Waals surface area contributed by atoms with Gasteiger partial charge in [0, 0.05) is 30.6 Å². The zero-order chi connectivity index (χ0) is 21.7. The van der Waals surface area contributed by atoms with E-state index in [-0.39, 0.29) is 36.5 Å². The van der Waals surface area contributed by atoms with Crippen molar-refractivity contribution in [3.8, 4) is 0 Å². The van der Waals surface area contributed by atoms with Crippen LogP contribution in [0.25, 0.3) is 0 Å². The summed E-state index contributed by atoms with van der Waals surface area (Å²) < 4.78 is 5.52. The first-order valence-electron chi connectivity index (χ1n) is 10.4. The van der Waals surface area contributed by atoms with Crippen LogP contribution < -0.4 is 0 Å². The molecule has 2 bridgehead atoms. The van der Waals surface area contributed by atoms with E-state index in [0.717, 1.165) is 0 Å². The molecule has 0 heterocycles. The number of Topliss-reactive ketones (excluding diaryl/α,β-unsaturated/α-hetero) is 1. The van der Waals surface area contributed by atoms with E-state index in [2.05, 4.69) is 6.58 Å². The minimum absolute atomic E-state index is 0.0627. The number of aliphatic hydroxyl groups excluding tert-OH is 4. The smallest absolute Gasteiger partial charge is 0.302 e. The van der Waals surface area contributed by atoms with E-state index in [0.29, 0.717) is 0 Å². The Morgan fingerprint density at radius 2 is 1.69 bits per heavy atom. The first-order chi connectivity index (χ1) is 13.3. The van der Waals surface area contributed by atoms with Crippen LogP contribution in [0.3, 0.4) is 0 Å². The van der Waals surface area contributed by atoms with Gasteiger partial charge in [-0.2, -0.15) is 0 Å². The molecule has 162 valence electrons. The Hall–Kier alpha value is -1.28. The van der Waals surface area contributed by atoms with Gasteiger partial charge in [0.1, 0.15) is 11.9 Å². The number of hydrogen-bond donors (Lipinski definition) is 4. The Balaban J connectivity index is 1.86. The molecule has 4 aliphatic rings. The van der Waals surface area contributed by atoms with Crippen molar-refractivity contribution in [3.63, 3.8) is 0 Å². The summed E-state index contributed by atoms with van der Waals surface area (Å²) in [5.41, 5.74) is -2.50. The van der Waals surface area contributed by atoms with Gasteiger partial charge in [0.05, 0.1) is 35.7 Å². The van der Waals surface area contributed by atoms with Crippen molar-refractivity contribution in [2.75, 3.05) is 0 Å². The van der Waals surface area contributed by atoms with Gasteiger partial charge >= 0.3 is 5.97 Å². The van der Waals surface area contributed by atoms with Crippen molar-refractivity contribution in [2.45, 2.75) is 77.5 Å². The predicted molar refractivity (Wildman–Crippen MR) is 102 cm³/mol. The fourth-order valence-corrected chi connectivity index (χ4v) is 7.68. The Labute approximate surface area is 170 Å². The number of fused-ring (bicyclic) bond motifs is 3. The summed E-state index contributed by atoms with van der Waals surface area (Å²) in [7, 11) is 0. The normalized spacial score (nSPS) is 53.2. The van der Waals surface area contributed by atoms with E-state index in [9.17, 15) is 30.0 Å². The summed E-state index contributed by atoms with van der Waals surface area (Å²) in [5.74, 6) is -2.42. The van der Waals surface area contributed by atoms with Crippen LogP contribution in [0.4, 0.5) is 0 Å². The maximum Gasteiger partial charge on any atom is 0.302 e. The number of hydrogen-bond acceptors (Lipinski definition) is 7. The first-order valence-corrected chi connectivity index (χ1v) is 10.4. The van der Waals surface area contributed by atoms with E-state index in [1.165, 1.54) is 6.92 Å². The van der Waals surface area contributed by atoms with Crippen molar-refractivity contribution in [2.24, 2.45) is 34.0 Å². The van der Waals surface area contributed by atoms with Gasteiger partial charge in [0.25, 0.3) is 0 Å². The zero-order valence-electron chi connectivity index (χ0n) is 17.5. The van der Waals surface area contributed by atoms with E-state index in [4.69, 9.17) is 4.74 Å². The Bertz CT molecular complexity index is 775. The Kier molecular flexibility index (Phi) is 4.43. The number of ketones is 1. The molecule has 29 heavy (non-hydrogen) atoms. The number of rotatable bonds is 1. The lowest BCUT2D eigenvalue weighted by Crippen LogP contribution is -2.73. The minimum Gasteiger partial charge on any atom is -0.462 e. The third-order valence-corrected chi connectivity index (χ3v) is 9.14. The van der Waals surface area contributed by atoms with Gasteiger partial charge in [-0.05, 0) is 23.8 Å². The highest BCUT2D eigenvalue weighted by atomic mass is 16.5. The summed E-state index contributed by atoms with van der Waals surface area (Å²) in [6.07, 6.45) is -4.49. The predicted octanol–water partition coefficient (Wildman–Crippen LogP) is 0.579. The summed E-state index contributed by atoms with van der Waals surface area (Å²) >= 11 is 0. The maximum atomic E-state index is 12.9.